The van der Waals surface area contributed by atoms with E-state index >= 15 is 0 Å². The highest BCUT2D eigenvalue weighted by molar-refractivity contribution is 7.91. The lowest BCUT2D eigenvalue weighted by atomic mass is 10.1. The zero-order chi connectivity index (χ0) is 13.6. The highest BCUT2D eigenvalue weighted by atomic mass is 32.2. The highest BCUT2D eigenvalue weighted by Gasteiger charge is 2.29. The number of rotatable bonds is 4. The zero-order valence-corrected chi connectivity index (χ0v) is 11.6. The molecule has 1 rings (SSSR count). The summed E-state index contributed by atoms with van der Waals surface area (Å²) in [7, 11) is -2.93. The molecule has 1 heterocycles. The minimum Gasteiger partial charge on any atom is -0.358 e. The number of hydrazine groups is 1. The molecular formula is C10H17N3O3S2. The molecular weight excluding hydrogens is 274 g/mol. The molecule has 0 aliphatic carbocycles. The first-order valence-electron chi connectivity index (χ1n) is 5.57. The van der Waals surface area contributed by atoms with Crippen LogP contribution in [0.15, 0.2) is 12.7 Å². The Morgan fingerprint density at radius 1 is 1.44 bits per heavy atom. The summed E-state index contributed by atoms with van der Waals surface area (Å²) in [6.45, 7) is 4.02. The summed E-state index contributed by atoms with van der Waals surface area (Å²) in [4.78, 5) is 11.5. The lowest BCUT2D eigenvalue weighted by Crippen LogP contribution is -2.47. The Morgan fingerprint density at radius 3 is 2.72 bits per heavy atom. The summed E-state index contributed by atoms with van der Waals surface area (Å²) in [6, 6.07) is 0. The lowest BCUT2D eigenvalue weighted by Gasteiger charge is -2.11. The van der Waals surface area contributed by atoms with Gasteiger partial charge in [0.05, 0.1) is 11.5 Å². The second-order valence-corrected chi connectivity index (χ2v) is 6.78. The molecule has 8 heteroatoms. The van der Waals surface area contributed by atoms with Gasteiger partial charge in [0.1, 0.15) is 0 Å². The van der Waals surface area contributed by atoms with E-state index in [4.69, 9.17) is 12.2 Å². The van der Waals surface area contributed by atoms with Crippen LogP contribution < -0.4 is 16.2 Å². The third-order valence-electron chi connectivity index (χ3n) is 2.52. The molecule has 1 aliphatic rings. The third kappa shape index (κ3) is 5.46. The predicted molar refractivity (Wildman–Crippen MR) is 73.5 cm³/mol. The molecule has 6 nitrogen and oxygen atoms in total. The minimum atomic E-state index is -2.93. The van der Waals surface area contributed by atoms with Crippen molar-refractivity contribution in [3.63, 3.8) is 0 Å². The monoisotopic (exact) mass is 291 g/mol. The van der Waals surface area contributed by atoms with Crippen molar-refractivity contribution < 1.29 is 13.2 Å². The molecule has 18 heavy (non-hydrogen) atoms. The number of nitrogens with one attached hydrogen (secondary N) is 3. The van der Waals surface area contributed by atoms with Crippen LogP contribution in [-0.4, -0.2) is 37.5 Å². The Hall–Kier alpha value is -1.15. The van der Waals surface area contributed by atoms with Gasteiger partial charge in [-0.25, -0.2) is 8.42 Å². The first-order chi connectivity index (χ1) is 8.43. The van der Waals surface area contributed by atoms with Crippen molar-refractivity contribution in [1.29, 1.82) is 0 Å². The summed E-state index contributed by atoms with van der Waals surface area (Å²) in [5.41, 5.74) is 4.96. The van der Waals surface area contributed by atoms with Gasteiger partial charge < -0.3 is 5.32 Å². The molecule has 0 bridgehead atoms. The van der Waals surface area contributed by atoms with E-state index < -0.39 is 9.84 Å². The average Bonchev–Trinajstić information content (AvgIpc) is 2.63. The molecule has 1 fully saturated rings. The van der Waals surface area contributed by atoms with Crippen LogP contribution in [0.3, 0.4) is 0 Å². The summed E-state index contributed by atoms with van der Waals surface area (Å²) in [5, 5.41) is 3.08. The van der Waals surface area contributed by atoms with Crippen LogP contribution in [0.4, 0.5) is 0 Å². The summed E-state index contributed by atoms with van der Waals surface area (Å²) < 4.78 is 22.4. The van der Waals surface area contributed by atoms with Crippen LogP contribution in [0.1, 0.15) is 12.8 Å². The van der Waals surface area contributed by atoms with Crippen molar-refractivity contribution >= 4 is 33.1 Å². The maximum atomic E-state index is 11.5. The maximum Gasteiger partial charge on any atom is 0.238 e. The van der Waals surface area contributed by atoms with Gasteiger partial charge in [0.25, 0.3) is 0 Å². The molecule has 0 radical (unpaired) electrons. The first kappa shape index (κ1) is 14.9. The Balaban J connectivity index is 2.22. The maximum absolute atomic E-state index is 11.5. The molecule has 0 unspecified atom stereocenters. The van der Waals surface area contributed by atoms with Crippen molar-refractivity contribution in [2.75, 3.05) is 18.1 Å². The second-order valence-electron chi connectivity index (χ2n) is 4.15. The van der Waals surface area contributed by atoms with E-state index in [1.807, 2.05) is 0 Å². The molecule has 102 valence electrons. The van der Waals surface area contributed by atoms with Gasteiger partial charge in [0.2, 0.25) is 5.91 Å². The molecule has 1 saturated heterocycles. The van der Waals surface area contributed by atoms with Crippen LogP contribution in [0, 0.1) is 5.92 Å². The fraction of sp³-hybridized carbons (Fsp3) is 0.600. The Labute approximate surface area is 112 Å². The number of amides is 1. The van der Waals surface area contributed by atoms with E-state index in [1.165, 1.54) is 0 Å². The average molecular weight is 291 g/mol. The quantitative estimate of drug-likeness (QED) is 0.367. The summed E-state index contributed by atoms with van der Waals surface area (Å²) in [5.74, 6) is -0.0802. The van der Waals surface area contributed by atoms with Gasteiger partial charge in [-0.1, -0.05) is 6.08 Å². The van der Waals surface area contributed by atoms with Crippen molar-refractivity contribution in [2.45, 2.75) is 12.8 Å². The van der Waals surface area contributed by atoms with Gasteiger partial charge >= 0.3 is 0 Å². The largest absolute Gasteiger partial charge is 0.358 e. The number of hydrogen-bond donors (Lipinski definition) is 3. The third-order valence-corrected chi connectivity index (χ3v) is 4.61. The fourth-order valence-corrected chi connectivity index (χ4v) is 3.68. The number of carbonyl (C=O) groups is 1. The van der Waals surface area contributed by atoms with E-state index in [9.17, 15) is 13.2 Å². The number of hydrogen-bond acceptors (Lipinski definition) is 4. The van der Waals surface area contributed by atoms with Crippen LogP contribution in [-0.2, 0) is 14.6 Å². The number of sulfone groups is 1. The standard InChI is InChI=1S/C10H17N3O3S2/c1-2-4-11-10(17)13-12-9(14)6-8-3-5-18(15,16)7-8/h2,8H,1,3-7H2,(H,12,14)(H2,11,13,17)/t8-/m0/s1. The number of carbonyl (C=O) groups excluding carboxylic acids is 1. The Kier molecular flexibility index (Phi) is 5.54. The Bertz CT molecular complexity index is 434. The molecule has 1 amide bonds. The van der Waals surface area contributed by atoms with E-state index in [2.05, 4.69) is 22.7 Å². The van der Waals surface area contributed by atoms with Gasteiger partial charge in [-0.15, -0.1) is 6.58 Å². The summed E-state index contributed by atoms with van der Waals surface area (Å²) >= 11 is 4.88. The minimum absolute atomic E-state index is 0.0912. The zero-order valence-electron chi connectivity index (χ0n) is 9.94. The van der Waals surface area contributed by atoms with Gasteiger partial charge in [0.15, 0.2) is 14.9 Å². The number of thiocarbonyl (C=S) groups is 1. The van der Waals surface area contributed by atoms with E-state index in [1.54, 1.807) is 6.08 Å². The Morgan fingerprint density at radius 2 is 2.17 bits per heavy atom. The van der Waals surface area contributed by atoms with Gasteiger partial charge in [-0.05, 0) is 24.6 Å². The molecule has 1 aliphatic heterocycles. The van der Waals surface area contributed by atoms with Gasteiger partial charge in [0, 0.05) is 13.0 Å². The van der Waals surface area contributed by atoms with E-state index in [-0.39, 0.29) is 29.8 Å². The molecule has 0 saturated carbocycles. The smallest absolute Gasteiger partial charge is 0.238 e. The molecule has 3 N–H and O–H groups in total. The highest BCUT2D eigenvalue weighted by Crippen LogP contribution is 2.21. The van der Waals surface area contributed by atoms with Crippen molar-refractivity contribution in [3.8, 4) is 0 Å². The molecule has 0 aromatic rings. The second kappa shape index (κ2) is 6.69. The van der Waals surface area contributed by atoms with Crippen molar-refractivity contribution in [3.05, 3.63) is 12.7 Å². The van der Waals surface area contributed by atoms with Crippen molar-refractivity contribution in [1.82, 2.24) is 16.2 Å². The lowest BCUT2D eigenvalue weighted by molar-refractivity contribution is -0.122. The first-order valence-corrected chi connectivity index (χ1v) is 7.80. The molecule has 1 atom stereocenters. The van der Waals surface area contributed by atoms with E-state index in [0.29, 0.717) is 18.1 Å². The predicted octanol–water partition coefficient (Wildman–Crippen LogP) is -0.507. The van der Waals surface area contributed by atoms with Crippen LogP contribution in [0.2, 0.25) is 0 Å². The molecule has 0 aromatic heterocycles. The normalized spacial score (nSPS) is 21.0. The van der Waals surface area contributed by atoms with Gasteiger partial charge in [-0.2, -0.15) is 0 Å². The molecule has 0 aromatic carbocycles. The van der Waals surface area contributed by atoms with Crippen molar-refractivity contribution in [2.24, 2.45) is 5.92 Å². The fourth-order valence-electron chi connectivity index (χ4n) is 1.68. The van der Waals surface area contributed by atoms with Gasteiger partial charge in [-0.3, -0.25) is 15.6 Å². The van der Waals surface area contributed by atoms with E-state index in [0.717, 1.165) is 0 Å². The molecule has 0 spiro atoms. The topological polar surface area (TPSA) is 87.3 Å². The SMILES string of the molecule is C=CCNC(=S)NNC(=O)C[C@@H]1CCS(=O)(=O)C1. The van der Waals surface area contributed by atoms with Crippen LogP contribution in [0.5, 0.6) is 0 Å². The van der Waals surface area contributed by atoms with Crippen LogP contribution in [0.25, 0.3) is 0 Å². The summed E-state index contributed by atoms with van der Waals surface area (Å²) in [6.07, 6.45) is 2.38. The van der Waals surface area contributed by atoms with Crippen LogP contribution >= 0.6 is 12.2 Å².